The number of rotatable bonds is 5. The van der Waals surface area contributed by atoms with Crippen LogP contribution in [-0.2, 0) is 16.0 Å². The van der Waals surface area contributed by atoms with Crippen LogP contribution in [0, 0.1) is 5.82 Å². The molecule has 0 spiro atoms. The van der Waals surface area contributed by atoms with E-state index in [1.165, 1.54) is 12.1 Å². The zero-order valence-corrected chi connectivity index (χ0v) is 10.5. The maximum absolute atomic E-state index is 13.0. The molecule has 19 heavy (non-hydrogen) atoms. The Labute approximate surface area is 110 Å². The van der Waals surface area contributed by atoms with Crippen molar-refractivity contribution in [2.45, 2.75) is 37.6 Å². The molecule has 2 rings (SSSR count). The molecule has 1 fully saturated rings. The SMILES string of the molecule is O=C(O)CC1(NC(=O)Cc2cccc(F)c2)CCC1. The Balaban J connectivity index is 1.95. The zero-order valence-electron chi connectivity index (χ0n) is 10.5. The third-order valence-electron chi connectivity index (χ3n) is 3.46. The number of carboxylic acid groups (broad SMARTS) is 1. The minimum Gasteiger partial charge on any atom is -0.481 e. The summed E-state index contributed by atoms with van der Waals surface area (Å²) in [6.07, 6.45) is 2.32. The van der Waals surface area contributed by atoms with E-state index in [0.29, 0.717) is 18.4 Å². The fourth-order valence-corrected chi connectivity index (χ4v) is 2.41. The summed E-state index contributed by atoms with van der Waals surface area (Å²) in [6, 6.07) is 5.85. The van der Waals surface area contributed by atoms with Crippen LogP contribution >= 0.6 is 0 Å². The second kappa shape index (κ2) is 5.38. The first-order valence-electron chi connectivity index (χ1n) is 6.26. The van der Waals surface area contributed by atoms with Crippen molar-refractivity contribution in [3.8, 4) is 0 Å². The summed E-state index contributed by atoms with van der Waals surface area (Å²) in [6.45, 7) is 0. The van der Waals surface area contributed by atoms with Gasteiger partial charge in [-0.15, -0.1) is 0 Å². The van der Waals surface area contributed by atoms with Gasteiger partial charge in [-0.2, -0.15) is 0 Å². The van der Waals surface area contributed by atoms with Crippen LogP contribution in [0.3, 0.4) is 0 Å². The molecule has 1 aliphatic carbocycles. The maximum Gasteiger partial charge on any atom is 0.305 e. The molecule has 1 aromatic rings. The first-order valence-corrected chi connectivity index (χ1v) is 6.26. The summed E-state index contributed by atoms with van der Waals surface area (Å²) in [5, 5.41) is 11.6. The molecule has 2 N–H and O–H groups in total. The molecule has 5 heteroatoms. The summed E-state index contributed by atoms with van der Waals surface area (Å²) in [5.74, 6) is -1.55. The minimum atomic E-state index is -0.911. The van der Waals surface area contributed by atoms with E-state index >= 15 is 0 Å². The van der Waals surface area contributed by atoms with E-state index in [9.17, 15) is 14.0 Å². The van der Waals surface area contributed by atoms with Crippen LogP contribution in [0.25, 0.3) is 0 Å². The molecule has 0 radical (unpaired) electrons. The van der Waals surface area contributed by atoms with Gasteiger partial charge in [-0.05, 0) is 37.0 Å². The molecular weight excluding hydrogens is 249 g/mol. The fourth-order valence-electron chi connectivity index (χ4n) is 2.41. The van der Waals surface area contributed by atoms with Crippen molar-refractivity contribution in [3.05, 3.63) is 35.6 Å². The molecule has 0 atom stereocenters. The first kappa shape index (κ1) is 13.5. The number of hydrogen-bond donors (Lipinski definition) is 2. The highest BCUT2D eigenvalue weighted by Gasteiger charge is 2.40. The smallest absolute Gasteiger partial charge is 0.305 e. The third-order valence-corrected chi connectivity index (χ3v) is 3.46. The van der Waals surface area contributed by atoms with Crippen molar-refractivity contribution in [2.75, 3.05) is 0 Å². The Morgan fingerprint density at radius 3 is 2.63 bits per heavy atom. The maximum atomic E-state index is 13.0. The number of carbonyl (C=O) groups is 2. The first-order chi connectivity index (χ1) is 8.99. The van der Waals surface area contributed by atoms with Crippen LogP contribution in [0.1, 0.15) is 31.2 Å². The van der Waals surface area contributed by atoms with Crippen molar-refractivity contribution in [1.29, 1.82) is 0 Å². The van der Waals surface area contributed by atoms with E-state index in [1.807, 2.05) is 0 Å². The predicted molar refractivity (Wildman–Crippen MR) is 67.1 cm³/mol. The second-order valence-electron chi connectivity index (χ2n) is 5.06. The normalized spacial score (nSPS) is 16.5. The molecule has 0 saturated heterocycles. The van der Waals surface area contributed by atoms with Gasteiger partial charge in [-0.1, -0.05) is 12.1 Å². The largest absolute Gasteiger partial charge is 0.481 e. The van der Waals surface area contributed by atoms with Crippen molar-refractivity contribution in [2.24, 2.45) is 0 Å². The lowest BCUT2D eigenvalue weighted by molar-refractivity contribution is -0.140. The lowest BCUT2D eigenvalue weighted by Crippen LogP contribution is -2.55. The Hall–Kier alpha value is -1.91. The van der Waals surface area contributed by atoms with E-state index in [-0.39, 0.29) is 24.6 Å². The van der Waals surface area contributed by atoms with Crippen molar-refractivity contribution in [1.82, 2.24) is 5.32 Å². The second-order valence-corrected chi connectivity index (χ2v) is 5.06. The van der Waals surface area contributed by atoms with E-state index < -0.39 is 11.5 Å². The Kier molecular flexibility index (Phi) is 3.83. The lowest BCUT2D eigenvalue weighted by atomic mass is 9.74. The highest BCUT2D eigenvalue weighted by Crippen LogP contribution is 2.34. The van der Waals surface area contributed by atoms with Gasteiger partial charge in [0.2, 0.25) is 5.91 Å². The molecule has 0 bridgehead atoms. The summed E-state index contributed by atoms with van der Waals surface area (Å²) in [5.41, 5.74) is -0.0155. The van der Waals surface area contributed by atoms with Crippen LogP contribution in [-0.4, -0.2) is 22.5 Å². The minimum absolute atomic E-state index is 0.0537. The van der Waals surface area contributed by atoms with Crippen LogP contribution < -0.4 is 5.32 Å². The number of halogens is 1. The quantitative estimate of drug-likeness (QED) is 0.854. The number of carboxylic acids is 1. The summed E-state index contributed by atoms with van der Waals surface area (Å²) >= 11 is 0. The van der Waals surface area contributed by atoms with Gasteiger partial charge in [0.15, 0.2) is 0 Å². The Bertz CT molecular complexity index is 497. The van der Waals surface area contributed by atoms with Crippen molar-refractivity contribution >= 4 is 11.9 Å². The molecule has 1 saturated carbocycles. The standard InChI is InChI=1S/C14H16FNO3/c15-11-4-1-3-10(7-11)8-12(17)16-14(5-2-6-14)9-13(18)19/h1,3-4,7H,2,5-6,8-9H2,(H,16,17)(H,18,19). The number of nitrogens with one attached hydrogen (secondary N) is 1. The number of benzene rings is 1. The van der Waals surface area contributed by atoms with Gasteiger partial charge in [0.05, 0.1) is 18.4 Å². The number of aliphatic carboxylic acids is 1. The highest BCUT2D eigenvalue weighted by molar-refractivity contribution is 5.80. The van der Waals surface area contributed by atoms with E-state index in [4.69, 9.17) is 5.11 Å². The number of hydrogen-bond acceptors (Lipinski definition) is 2. The molecule has 0 heterocycles. The number of amides is 1. The van der Waals surface area contributed by atoms with Gasteiger partial charge in [-0.25, -0.2) is 4.39 Å². The van der Waals surface area contributed by atoms with Crippen LogP contribution in [0.5, 0.6) is 0 Å². The highest BCUT2D eigenvalue weighted by atomic mass is 19.1. The van der Waals surface area contributed by atoms with Crippen LogP contribution in [0.4, 0.5) is 4.39 Å². The van der Waals surface area contributed by atoms with Gasteiger partial charge < -0.3 is 10.4 Å². The molecule has 102 valence electrons. The van der Waals surface area contributed by atoms with E-state index in [1.54, 1.807) is 12.1 Å². The van der Waals surface area contributed by atoms with E-state index in [0.717, 1.165) is 6.42 Å². The molecule has 0 unspecified atom stereocenters. The fraction of sp³-hybridized carbons (Fsp3) is 0.429. The molecule has 1 aliphatic rings. The van der Waals surface area contributed by atoms with Gasteiger partial charge in [0, 0.05) is 0 Å². The molecule has 1 aromatic carbocycles. The molecule has 0 aliphatic heterocycles. The van der Waals surface area contributed by atoms with Gasteiger partial charge in [0.1, 0.15) is 5.82 Å². The molecule has 1 amide bonds. The van der Waals surface area contributed by atoms with Crippen molar-refractivity contribution in [3.63, 3.8) is 0 Å². The van der Waals surface area contributed by atoms with Crippen LogP contribution in [0.2, 0.25) is 0 Å². The van der Waals surface area contributed by atoms with E-state index in [2.05, 4.69) is 5.32 Å². The average molecular weight is 265 g/mol. The van der Waals surface area contributed by atoms with Crippen molar-refractivity contribution < 1.29 is 19.1 Å². The zero-order chi connectivity index (χ0) is 13.9. The molecule has 0 aromatic heterocycles. The van der Waals surface area contributed by atoms with Gasteiger partial charge >= 0.3 is 5.97 Å². The predicted octanol–water partition coefficient (Wildman–Crippen LogP) is 1.88. The lowest BCUT2D eigenvalue weighted by Gasteiger charge is -2.41. The van der Waals surface area contributed by atoms with Crippen LogP contribution in [0.15, 0.2) is 24.3 Å². The summed E-state index contributed by atoms with van der Waals surface area (Å²) in [7, 11) is 0. The topological polar surface area (TPSA) is 66.4 Å². The monoisotopic (exact) mass is 265 g/mol. The van der Waals surface area contributed by atoms with Gasteiger partial charge in [-0.3, -0.25) is 9.59 Å². The Morgan fingerprint density at radius 2 is 2.11 bits per heavy atom. The third kappa shape index (κ3) is 3.53. The molecule has 4 nitrogen and oxygen atoms in total. The average Bonchev–Trinajstić information content (AvgIpc) is 2.25. The Morgan fingerprint density at radius 1 is 1.37 bits per heavy atom. The number of carbonyl (C=O) groups excluding carboxylic acids is 1. The van der Waals surface area contributed by atoms with Gasteiger partial charge in [0.25, 0.3) is 0 Å². The summed E-state index contributed by atoms with van der Waals surface area (Å²) < 4.78 is 13.0. The summed E-state index contributed by atoms with van der Waals surface area (Å²) in [4.78, 5) is 22.7. The molecular formula is C14H16FNO3.